The zero-order valence-corrected chi connectivity index (χ0v) is 8.71. The number of hydrogen-bond donors (Lipinski definition) is 1. The number of hydrogen-bond acceptors (Lipinski definition) is 3. The van der Waals surface area contributed by atoms with Crippen LogP contribution in [0.2, 0.25) is 0 Å². The Morgan fingerprint density at radius 3 is 2.57 bits per heavy atom. The van der Waals surface area contributed by atoms with Crippen LogP contribution in [0.5, 0.6) is 0 Å². The molecule has 1 rings (SSSR count). The maximum absolute atomic E-state index is 11.4. The van der Waals surface area contributed by atoms with Crippen molar-refractivity contribution in [3.05, 3.63) is 0 Å². The molecule has 1 saturated carbocycles. The summed E-state index contributed by atoms with van der Waals surface area (Å²) >= 11 is 0. The highest BCUT2D eigenvalue weighted by molar-refractivity contribution is 5.85. The summed E-state index contributed by atoms with van der Waals surface area (Å²) in [6, 6.07) is -0.525. The molecule has 80 valence electrons. The van der Waals surface area contributed by atoms with Crippen molar-refractivity contribution in [3.63, 3.8) is 0 Å². The second-order valence-corrected chi connectivity index (χ2v) is 3.61. The average molecular weight is 199 g/mol. The van der Waals surface area contributed by atoms with Gasteiger partial charge in [0.2, 0.25) is 5.91 Å². The molecule has 1 N–H and O–H groups in total. The van der Waals surface area contributed by atoms with E-state index >= 15 is 0 Å². The Hall–Kier alpha value is -1.06. The Labute approximate surface area is 84.0 Å². The lowest BCUT2D eigenvalue weighted by Crippen LogP contribution is -2.44. The summed E-state index contributed by atoms with van der Waals surface area (Å²) in [5.41, 5.74) is 0. The second-order valence-electron chi connectivity index (χ2n) is 3.61. The molecular weight excluding hydrogens is 182 g/mol. The Morgan fingerprint density at radius 1 is 1.50 bits per heavy atom. The molecule has 1 aliphatic rings. The zero-order chi connectivity index (χ0) is 10.6. The van der Waals surface area contributed by atoms with Gasteiger partial charge < -0.3 is 10.1 Å². The third kappa shape index (κ3) is 2.72. The van der Waals surface area contributed by atoms with E-state index in [1.807, 2.05) is 0 Å². The van der Waals surface area contributed by atoms with Gasteiger partial charge in [-0.3, -0.25) is 4.79 Å². The van der Waals surface area contributed by atoms with E-state index in [4.69, 9.17) is 4.74 Å². The largest absolute Gasteiger partial charge is 0.464 e. The predicted molar refractivity (Wildman–Crippen MR) is 51.6 cm³/mol. The highest BCUT2D eigenvalue weighted by Crippen LogP contribution is 2.26. The molecule has 0 heterocycles. The standard InChI is InChI=1S/C10H17NO3/c1-3-14-10(13)7(2)11-9(12)8-5-4-6-8/h7-8H,3-6H2,1-2H3,(H,11,12). The van der Waals surface area contributed by atoms with Gasteiger partial charge in [0.05, 0.1) is 6.61 Å². The minimum absolute atomic E-state index is 0.0168. The number of nitrogens with one attached hydrogen (secondary N) is 1. The molecule has 1 fully saturated rings. The summed E-state index contributed by atoms with van der Waals surface area (Å²) in [4.78, 5) is 22.6. The van der Waals surface area contributed by atoms with Gasteiger partial charge in [0, 0.05) is 5.92 Å². The summed E-state index contributed by atoms with van der Waals surface area (Å²) in [7, 11) is 0. The van der Waals surface area contributed by atoms with Crippen LogP contribution in [0.1, 0.15) is 33.1 Å². The van der Waals surface area contributed by atoms with Crippen LogP contribution >= 0.6 is 0 Å². The van der Waals surface area contributed by atoms with Crippen LogP contribution in [0.15, 0.2) is 0 Å². The van der Waals surface area contributed by atoms with Gasteiger partial charge in [0.25, 0.3) is 0 Å². The van der Waals surface area contributed by atoms with Crippen molar-refractivity contribution in [2.75, 3.05) is 6.61 Å². The van der Waals surface area contributed by atoms with Gasteiger partial charge in [-0.25, -0.2) is 4.79 Å². The number of rotatable bonds is 4. The lowest BCUT2D eigenvalue weighted by Gasteiger charge is -2.25. The summed E-state index contributed by atoms with van der Waals surface area (Å²) in [5, 5.41) is 2.65. The minimum atomic E-state index is -0.525. The Bertz CT molecular complexity index is 223. The zero-order valence-electron chi connectivity index (χ0n) is 8.71. The van der Waals surface area contributed by atoms with E-state index in [0.717, 1.165) is 19.3 Å². The lowest BCUT2D eigenvalue weighted by atomic mass is 9.84. The number of carbonyl (C=O) groups excluding carboxylic acids is 2. The van der Waals surface area contributed by atoms with Gasteiger partial charge in [0.15, 0.2) is 0 Å². The summed E-state index contributed by atoms with van der Waals surface area (Å²) in [6.07, 6.45) is 3.01. The molecule has 0 aromatic carbocycles. The molecule has 14 heavy (non-hydrogen) atoms. The first-order valence-electron chi connectivity index (χ1n) is 5.12. The number of esters is 1. The fraction of sp³-hybridized carbons (Fsp3) is 0.800. The van der Waals surface area contributed by atoms with Gasteiger partial charge >= 0.3 is 5.97 Å². The first-order valence-corrected chi connectivity index (χ1v) is 5.12. The van der Waals surface area contributed by atoms with Crippen LogP contribution in [0.4, 0.5) is 0 Å². The first-order chi connectivity index (χ1) is 6.65. The number of ether oxygens (including phenoxy) is 1. The summed E-state index contributed by atoms with van der Waals surface area (Å²) in [6.45, 7) is 3.75. The van der Waals surface area contributed by atoms with Crippen molar-refractivity contribution in [1.29, 1.82) is 0 Å². The molecule has 0 aliphatic heterocycles. The summed E-state index contributed by atoms with van der Waals surface area (Å²) in [5.74, 6) is -0.260. The van der Waals surface area contributed by atoms with Gasteiger partial charge in [-0.15, -0.1) is 0 Å². The van der Waals surface area contributed by atoms with Crippen molar-refractivity contribution < 1.29 is 14.3 Å². The minimum Gasteiger partial charge on any atom is -0.464 e. The van der Waals surface area contributed by atoms with Gasteiger partial charge in [-0.05, 0) is 26.7 Å². The highest BCUT2D eigenvalue weighted by atomic mass is 16.5. The quantitative estimate of drug-likeness (QED) is 0.683. The first kappa shape index (κ1) is 11.0. The molecule has 0 aromatic heterocycles. The van der Waals surface area contributed by atoms with Crippen LogP contribution in [-0.2, 0) is 14.3 Å². The molecule has 4 nitrogen and oxygen atoms in total. The third-order valence-corrected chi connectivity index (χ3v) is 2.47. The van der Waals surface area contributed by atoms with Crippen LogP contribution in [-0.4, -0.2) is 24.5 Å². The molecule has 4 heteroatoms. The Balaban J connectivity index is 2.27. The fourth-order valence-corrected chi connectivity index (χ4v) is 1.33. The van der Waals surface area contributed by atoms with E-state index < -0.39 is 6.04 Å². The molecule has 1 aliphatic carbocycles. The summed E-state index contributed by atoms with van der Waals surface area (Å²) < 4.78 is 4.78. The molecule has 1 atom stereocenters. The SMILES string of the molecule is CCOC(=O)C(C)NC(=O)C1CCC1. The van der Waals surface area contributed by atoms with E-state index in [9.17, 15) is 9.59 Å². The van der Waals surface area contributed by atoms with Crippen molar-refractivity contribution >= 4 is 11.9 Å². The molecule has 1 unspecified atom stereocenters. The van der Waals surface area contributed by atoms with E-state index in [1.54, 1.807) is 13.8 Å². The van der Waals surface area contributed by atoms with Crippen LogP contribution in [0.3, 0.4) is 0 Å². The molecule has 1 amide bonds. The molecule has 0 bridgehead atoms. The van der Waals surface area contributed by atoms with Crippen LogP contribution in [0.25, 0.3) is 0 Å². The Kier molecular flexibility index (Phi) is 3.92. The van der Waals surface area contributed by atoms with E-state index in [-0.39, 0.29) is 17.8 Å². The van der Waals surface area contributed by atoms with E-state index in [0.29, 0.717) is 6.61 Å². The van der Waals surface area contributed by atoms with Gasteiger partial charge in [-0.1, -0.05) is 6.42 Å². The van der Waals surface area contributed by atoms with E-state index in [2.05, 4.69) is 5.32 Å². The maximum Gasteiger partial charge on any atom is 0.328 e. The smallest absolute Gasteiger partial charge is 0.328 e. The highest BCUT2D eigenvalue weighted by Gasteiger charge is 2.27. The maximum atomic E-state index is 11.4. The number of amides is 1. The second kappa shape index (κ2) is 4.98. The van der Waals surface area contributed by atoms with Crippen molar-refractivity contribution in [2.45, 2.75) is 39.2 Å². The lowest BCUT2D eigenvalue weighted by molar-refractivity contribution is -0.147. The van der Waals surface area contributed by atoms with Crippen molar-refractivity contribution in [3.8, 4) is 0 Å². The topological polar surface area (TPSA) is 55.4 Å². The van der Waals surface area contributed by atoms with Crippen molar-refractivity contribution in [1.82, 2.24) is 5.32 Å². The predicted octanol–water partition coefficient (Wildman–Crippen LogP) is 0.854. The molecule has 0 spiro atoms. The number of carbonyl (C=O) groups is 2. The van der Waals surface area contributed by atoms with Crippen LogP contribution in [0, 0.1) is 5.92 Å². The van der Waals surface area contributed by atoms with Gasteiger partial charge in [0.1, 0.15) is 6.04 Å². The molecular formula is C10H17NO3. The molecule has 0 saturated heterocycles. The average Bonchev–Trinajstić information content (AvgIpc) is 2.00. The molecule has 0 aromatic rings. The van der Waals surface area contributed by atoms with Crippen LogP contribution < -0.4 is 5.32 Å². The monoisotopic (exact) mass is 199 g/mol. The fourth-order valence-electron chi connectivity index (χ4n) is 1.33. The van der Waals surface area contributed by atoms with Gasteiger partial charge in [-0.2, -0.15) is 0 Å². The Morgan fingerprint density at radius 2 is 2.14 bits per heavy atom. The third-order valence-electron chi connectivity index (χ3n) is 2.47. The normalized spacial score (nSPS) is 18.1. The van der Waals surface area contributed by atoms with E-state index in [1.165, 1.54) is 0 Å². The van der Waals surface area contributed by atoms with Crippen molar-refractivity contribution in [2.24, 2.45) is 5.92 Å². The molecule has 0 radical (unpaired) electrons.